The van der Waals surface area contributed by atoms with Crippen LogP contribution in [0.2, 0.25) is 5.02 Å². The SMILES string of the molecule is CCOc1ccc(NC(=O)c2ccccc2NC(=O)COc2cc(C)c(Cl)c(C)c2)cc1. The van der Waals surface area contributed by atoms with Crippen molar-refractivity contribution in [3.63, 3.8) is 0 Å². The van der Waals surface area contributed by atoms with Gasteiger partial charge in [0.2, 0.25) is 0 Å². The highest BCUT2D eigenvalue weighted by Gasteiger charge is 2.14. The van der Waals surface area contributed by atoms with Crippen LogP contribution in [0.3, 0.4) is 0 Å². The summed E-state index contributed by atoms with van der Waals surface area (Å²) in [7, 11) is 0. The van der Waals surface area contributed by atoms with E-state index < -0.39 is 0 Å². The van der Waals surface area contributed by atoms with Gasteiger partial charge in [0.15, 0.2) is 6.61 Å². The van der Waals surface area contributed by atoms with Crippen molar-refractivity contribution in [1.29, 1.82) is 0 Å². The van der Waals surface area contributed by atoms with Gasteiger partial charge in [-0.3, -0.25) is 9.59 Å². The summed E-state index contributed by atoms with van der Waals surface area (Å²) in [6, 6.07) is 17.4. The van der Waals surface area contributed by atoms with Crippen molar-refractivity contribution < 1.29 is 19.1 Å². The summed E-state index contributed by atoms with van der Waals surface area (Å²) in [6.07, 6.45) is 0. The number of rotatable bonds is 8. The van der Waals surface area contributed by atoms with E-state index in [-0.39, 0.29) is 18.4 Å². The van der Waals surface area contributed by atoms with E-state index >= 15 is 0 Å². The fourth-order valence-corrected chi connectivity index (χ4v) is 3.22. The molecule has 0 saturated carbocycles. The summed E-state index contributed by atoms with van der Waals surface area (Å²) in [5.74, 6) is 0.566. The van der Waals surface area contributed by atoms with Crippen LogP contribution in [0, 0.1) is 13.8 Å². The Morgan fingerprint density at radius 3 is 2.19 bits per heavy atom. The average Bonchev–Trinajstić information content (AvgIpc) is 2.78. The Hall–Kier alpha value is -3.51. The minimum Gasteiger partial charge on any atom is -0.494 e. The van der Waals surface area contributed by atoms with Gasteiger partial charge in [-0.15, -0.1) is 0 Å². The topological polar surface area (TPSA) is 76.7 Å². The molecule has 0 radical (unpaired) electrons. The summed E-state index contributed by atoms with van der Waals surface area (Å²) >= 11 is 6.17. The monoisotopic (exact) mass is 452 g/mol. The average molecular weight is 453 g/mol. The fraction of sp³-hybridized carbons (Fsp3) is 0.200. The number of hydrogen-bond donors (Lipinski definition) is 2. The van der Waals surface area contributed by atoms with Crippen LogP contribution < -0.4 is 20.1 Å². The molecule has 0 aliphatic rings. The summed E-state index contributed by atoms with van der Waals surface area (Å²) in [5, 5.41) is 6.25. The van der Waals surface area contributed by atoms with Crippen LogP contribution in [0.4, 0.5) is 11.4 Å². The highest BCUT2D eigenvalue weighted by atomic mass is 35.5. The Labute approximate surface area is 192 Å². The standard InChI is InChI=1S/C25H25ClN2O4/c1-4-31-19-11-9-18(10-12-19)27-25(30)21-7-5-6-8-22(21)28-23(29)15-32-20-13-16(2)24(26)17(3)14-20/h5-14H,4,15H2,1-3H3,(H,27,30)(H,28,29). The molecular weight excluding hydrogens is 428 g/mol. The maximum Gasteiger partial charge on any atom is 0.262 e. The molecule has 2 amide bonds. The first kappa shape index (κ1) is 23.2. The molecule has 3 aromatic rings. The summed E-state index contributed by atoms with van der Waals surface area (Å²) in [6.45, 7) is 6.03. The van der Waals surface area contributed by atoms with E-state index in [2.05, 4.69) is 10.6 Å². The number of anilines is 2. The third-order valence-electron chi connectivity index (χ3n) is 4.65. The number of carbonyl (C=O) groups is 2. The molecule has 32 heavy (non-hydrogen) atoms. The largest absolute Gasteiger partial charge is 0.494 e. The van der Waals surface area contributed by atoms with Gasteiger partial charge >= 0.3 is 0 Å². The van der Waals surface area contributed by atoms with E-state index in [4.69, 9.17) is 21.1 Å². The number of benzene rings is 3. The van der Waals surface area contributed by atoms with Gasteiger partial charge in [-0.2, -0.15) is 0 Å². The van der Waals surface area contributed by atoms with E-state index in [0.717, 1.165) is 16.9 Å². The highest BCUT2D eigenvalue weighted by molar-refractivity contribution is 6.32. The smallest absolute Gasteiger partial charge is 0.262 e. The minimum absolute atomic E-state index is 0.199. The molecule has 166 valence electrons. The number of aryl methyl sites for hydroxylation is 2. The van der Waals surface area contributed by atoms with Gasteiger partial charge in [0, 0.05) is 10.7 Å². The molecule has 0 aliphatic heterocycles. The van der Waals surface area contributed by atoms with Crippen LogP contribution in [-0.2, 0) is 4.79 Å². The molecule has 0 fully saturated rings. The van der Waals surface area contributed by atoms with Crippen LogP contribution >= 0.6 is 11.6 Å². The predicted molar refractivity (Wildman–Crippen MR) is 127 cm³/mol. The lowest BCUT2D eigenvalue weighted by Gasteiger charge is -2.13. The van der Waals surface area contributed by atoms with Crippen molar-refractivity contribution >= 4 is 34.8 Å². The van der Waals surface area contributed by atoms with E-state index in [9.17, 15) is 9.59 Å². The third-order valence-corrected chi connectivity index (χ3v) is 5.25. The lowest BCUT2D eigenvalue weighted by Crippen LogP contribution is -2.22. The summed E-state index contributed by atoms with van der Waals surface area (Å²) in [5.41, 5.74) is 3.11. The van der Waals surface area contributed by atoms with Gasteiger partial charge in [-0.25, -0.2) is 0 Å². The first-order valence-corrected chi connectivity index (χ1v) is 10.6. The van der Waals surface area contributed by atoms with Gasteiger partial charge < -0.3 is 20.1 Å². The van der Waals surface area contributed by atoms with Gasteiger partial charge in [0.25, 0.3) is 11.8 Å². The Morgan fingerprint density at radius 2 is 1.53 bits per heavy atom. The van der Waals surface area contributed by atoms with Crippen LogP contribution in [0.5, 0.6) is 11.5 Å². The molecule has 0 aliphatic carbocycles. The Bertz CT molecular complexity index is 1090. The summed E-state index contributed by atoms with van der Waals surface area (Å²) in [4.78, 5) is 25.2. The van der Waals surface area contributed by atoms with Crippen LogP contribution in [0.15, 0.2) is 60.7 Å². The second kappa shape index (κ2) is 10.7. The zero-order chi connectivity index (χ0) is 23.1. The molecule has 3 aromatic carbocycles. The molecule has 0 unspecified atom stereocenters. The van der Waals surface area contributed by atoms with Crippen LogP contribution in [0.1, 0.15) is 28.4 Å². The molecule has 0 aromatic heterocycles. The number of halogens is 1. The molecule has 0 atom stereocenters. The van der Waals surface area contributed by atoms with Gasteiger partial charge in [0.05, 0.1) is 17.9 Å². The lowest BCUT2D eigenvalue weighted by atomic mass is 10.1. The maximum atomic E-state index is 12.8. The first-order valence-electron chi connectivity index (χ1n) is 10.2. The lowest BCUT2D eigenvalue weighted by molar-refractivity contribution is -0.118. The molecule has 0 bridgehead atoms. The molecule has 3 rings (SSSR count). The zero-order valence-corrected chi connectivity index (χ0v) is 19.0. The zero-order valence-electron chi connectivity index (χ0n) is 18.2. The first-order chi connectivity index (χ1) is 15.4. The van der Waals surface area contributed by atoms with Crippen molar-refractivity contribution in [3.8, 4) is 11.5 Å². The Balaban J connectivity index is 1.64. The molecule has 0 saturated heterocycles. The Morgan fingerprint density at radius 1 is 0.875 bits per heavy atom. The van der Waals surface area contributed by atoms with E-state index in [1.54, 1.807) is 60.7 Å². The van der Waals surface area contributed by atoms with Crippen molar-refractivity contribution in [2.75, 3.05) is 23.8 Å². The number of amides is 2. The van der Waals surface area contributed by atoms with Crippen LogP contribution in [-0.4, -0.2) is 25.0 Å². The van der Waals surface area contributed by atoms with Gasteiger partial charge in [-0.05, 0) is 80.4 Å². The van der Waals surface area contributed by atoms with Gasteiger partial charge in [-0.1, -0.05) is 23.7 Å². The molecular formula is C25H25ClN2O4. The highest BCUT2D eigenvalue weighted by Crippen LogP contribution is 2.26. The molecule has 2 N–H and O–H groups in total. The van der Waals surface area contributed by atoms with Crippen molar-refractivity contribution in [1.82, 2.24) is 0 Å². The molecule has 0 heterocycles. The number of nitrogens with one attached hydrogen (secondary N) is 2. The molecule has 0 spiro atoms. The Kier molecular flexibility index (Phi) is 7.73. The fourth-order valence-electron chi connectivity index (χ4n) is 3.11. The van der Waals surface area contributed by atoms with E-state index in [1.807, 2.05) is 20.8 Å². The number of hydrogen-bond acceptors (Lipinski definition) is 4. The quantitative estimate of drug-likeness (QED) is 0.464. The normalized spacial score (nSPS) is 10.4. The van der Waals surface area contributed by atoms with Crippen LogP contribution in [0.25, 0.3) is 0 Å². The molecule has 7 heteroatoms. The molecule has 6 nitrogen and oxygen atoms in total. The third kappa shape index (κ3) is 6.02. The minimum atomic E-state index is -0.378. The van der Waals surface area contributed by atoms with Crippen molar-refractivity contribution in [2.45, 2.75) is 20.8 Å². The summed E-state index contributed by atoms with van der Waals surface area (Å²) < 4.78 is 11.0. The van der Waals surface area contributed by atoms with Gasteiger partial charge in [0.1, 0.15) is 11.5 Å². The number of carbonyl (C=O) groups excluding carboxylic acids is 2. The van der Waals surface area contributed by atoms with Crippen molar-refractivity contribution in [3.05, 3.63) is 82.4 Å². The maximum absolute atomic E-state index is 12.8. The number of para-hydroxylation sites is 1. The van der Waals surface area contributed by atoms with E-state index in [0.29, 0.717) is 34.3 Å². The number of ether oxygens (including phenoxy) is 2. The second-order valence-electron chi connectivity index (χ2n) is 7.17. The predicted octanol–water partition coefficient (Wildman–Crippen LogP) is 5.63. The van der Waals surface area contributed by atoms with Crippen molar-refractivity contribution in [2.24, 2.45) is 0 Å². The second-order valence-corrected chi connectivity index (χ2v) is 7.54. The van der Waals surface area contributed by atoms with E-state index in [1.165, 1.54) is 0 Å².